The SMILES string of the molecule is CN(C)[C@@H](c1ccccc1)c1nnnn1-c1cccc(C(F)(F)F)c1. The molecule has 0 saturated heterocycles. The lowest BCUT2D eigenvalue weighted by Gasteiger charge is -2.23. The number of halogens is 3. The number of nitrogens with zero attached hydrogens (tertiary/aromatic N) is 5. The molecule has 5 nitrogen and oxygen atoms in total. The molecule has 8 heteroatoms. The van der Waals surface area contributed by atoms with Crippen LogP contribution in [0.5, 0.6) is 0 Å². The second kappa shape index (κ2) is 6.64. The van der Waals surface area contributed by atoms with Gasteiger partial charge in [-0.15, -0.1) is 5.10 Å². The highest BCUT2D eigenvalue weighted by molar-refractivity contribution is 5.38. The number of alkyl halides is 3. The summed E-state index contributed by atoms with van der Waals surface area (Å²) >= 11 is 0. The van der Waals surface area contributed by atoms with E-state index in [-0.39, 0.29) is 11.7 Å². The molecule has 3 rings (SSSR count). The monoisotopic (exact) mass is 347 g/mol. The molecule has 0 bridgehead atoms. The molecule has 0 spiro atoms. The third-order valence-corrected chi connectivity index (χ3v) is 3.79. The Balaban J connectivity index is 2.09. The normalized spacial score (nSPS) is 13.2. The van der Waals surface area contributed by atoms with Gasteiger partial charge < -0.3 is 0 Å². The van der Waals surface area contributed by atoms with Crippen molar-refractivity contribution in [3.05, 3.63) is 71.5 Å². The second-order valence-electron chi connectivity index (χ2n) is 5.77. The van der Waals surface area contributed by atoms with Crippen molar-refractivity contribution in [3.8, 4) is 5.69 Å². The lowest BCUT2D eigenvalue weighted by atomic mass is 10.1. The van der Waals surface area contributed by atoms with E-state index in [0.717, 1.165) is 17.7 Å². The molecule has 0 saturated carbocycles. The van der Waals surface area contributed by atoms with Crippen LogP contribution in [0.3, 0.4) is 0 Å². The van der Waals surface area contributed by atoms with Crippen LogP contribution in [0.15, 0.2) is 54.6 Å². The van der Waals surface area contributed by atoms with Crippen molar-refractivity contribution in [2.45, 2.75) is 12.2 Å². The lowest BCUT2D eigenvalue weighted by molar-refractivity contribution is -0.137. The molecule has 0 radical (unpaired) electrons. The van der Waals surface area contributed by atoms with Crippen LogP contribution in [0.25, 0.3) is 5.69 Å². The molecule has 0 aliphatic heterocycles. The first-order valence-electron chi connectivity index (χ1n) is 7.55. The molecule has 0 fully saturated rings. The molecule has 0 N–H and O–H groups in total. The minimum absolute atomic E-state index is 0.262. The lowest BCUT2D eigenvalue weighted by Crippen LogP contribution is -2.24. The standard InChI is InChI=1S/C17H16F3N5/c1-24(2)15(12-7-4-3-5-8-12)16-21-22-23-25(16)14-10-6-9-13(11-14)17(18,19)20/h3-11,15H,1-2H3/t15-/m0/s1. The van der Waals surface area contributed by atoms with E-state index in [9.17, 15) is 13.2 Å². The average Bonchev–Trinajstić information content (AvgIpc) is 3.04. The molecule has 1 heterocycles. The van der Waals surface area contributed by atoms with Gasteiger partial charge in [-0.2, -0.15) is 17.9 Å². The highest BCUT2D eigenvalue weighted by Gasteiger charge is 2.31. The fourth-order valence-electron chi connectivity index (χ4n) is 2.68. The maximum atomic E-state index is 13.0. The molecule has 0 aliphatic carbocycles. The highest BCUT2D eigenvalue weighted by Crippen LogP contribution is 2.31. The Kier molecular flexibility index (Phi) is 4.54. The Morgan fingerprint density at radius 3 is 2.36 bits per heavy atom. The summed E-state index contributed by atoms with van der Waals surface area (Å²) in [6.07, 6.45) is -4.43. The van der Waals surface area contributed by atoms with Crippen LogP contribution in [0, 0.1) is 0 Å². The molecule has 0 aliphatic rings. The number of hydrogen-bond donors (Lipinski definition) is 0. The van der Waals surface area contributed by atoms with Crippen LogP contribution in [-0.2, 0) is 6.18 Å². The first-order chi connectivity index (χ1) is 11.9. The van der Waals surface area contributed by atoms with Crippen LogP contribution in [0.4, 0.5) is 13.2 Å². The van der Waals surface area contributed by atoms with E-state index in [1.165, 1.54) is 10.7 Å². The van der Waals surface area contributed by atoms with E-state index in [1.807, 2.05) is 49.3 Å². The molecule has 3 aromatic rings. The Bertz CT molecular complexity index is 843. The Hall–Kier alpha value is -2.74. The minimum Gasteiger partial charge on any atom is -0.296 e. The fraction of sp³-hybridized carbons (Fsp3) is 0.235. The van der Waals surface area contributed by atoms with Crippen molar-refractivity contribution in [2.24, 2.45) is 0 Å². The molecular weight excluding hydrogens is 331 g/mol. The largest absolute Gasteiger partial charge is 0.416 e. The number of rotatable bonds is 4. The summed E-state index contributed by atoms with van der Waals surface area (Å²) in [5.41, 5.74) is 0.459. The minimum atomic E-state index is -4.43. The van der Waals surface area contributed by atoms with Crippen LogP contribution in [0.1, 0.15) is 23.0 Å². The van der Waals surface area contributed by atoms with E-state index in [2.05, 4.69) is 15.5 Å². The predicted molar refractivity (Wildman–Crippen MR) is 86.1 cm³/mol. The number of benzene rings is 2. The maximum Gasteiger partial charge on any atom is 0.416 e. The van der Waals surface area contributed by atoms with E-state index in [4.69, 9.17) is 0 Å². The van der Waals surface area contributed by atoms with Crippen LogP contribution in [0.2, 0.25) is 0 Å². The van der Waals surface area contributed by atoms with Gasteiger partial charge in [-0.1, -0.05) is 36.4 Å². The second-order valence-corrected chi connectivity index (χ2v) is 5.77. The molecular formula is C17H16F3N5. The van der Waals surface area contributed by atoms with E-state index >= 15 is 0 Å². The highest BCUT2D eigenvalue weighted by atomic mass is 19.4. The summed E-state index contributed by atoms with van der Waals surface area (Å²) < 4.78 is 40.3. The molecule has 0 amide bonds. The number of hydrogen-bond acceptors (Lipinski definition) is 4. The third kappa shape index (κ3) is 3.53. The summed E-state index contributed by atoms with van der Waals surface area (Å²) in [6, 6.07) is 14.2. The van der Waals surface area contributed by atoms with Crippen molar-refractivity contribution in [1.82, 2.24) is 25.1 Å². The summed E-state index contributed by atoms with van der Waals surface area (Å²) in [7, 11) is 3.73. The zero-order valence-electron chi connectivity index (χ0n) is 13.6. The molecule has 1 aromatic heterocycles. The topological polar surface area (TPSA) is 46.8 Å². The Morgan fingerprint density at radius 2 is 1.72 bits per heavy atom. The fourth-order valence-corrected chi connectivity index (χ4v) is 2.68. The van der Waals surface area contributed by atoms with Gasteiger partial charge in [0.1, 0.15) is 0 Å². The summed E-state index contributed by atoms with van der Waals surface area (Å²) in [5, 5.41) is 11.6. The van der Waals surface area contributed by atoms with Gasteiger partial charge in [-0.3, -0.25) is 4.90 Å². The van der Waals surface area contributed by atoms with Crippen LogP contribution >= 0.6 is 0 Å². The van der Waals surface area contributed by atoms with Gasteiger partial charge in [0.25, 0.3) is 0 Å². The maximum absolute atomic E-state index is 13.0. The van der Waals surface area contributed by atoms with E-state index in [1.54, 1.807) is 6.07 Å². The molecule has 2 aromatic carbocycles. The van der Waals surface area contributed by atoms with E-state index in [0.29, 0.717) is 5.82 Å². The average molecular weight is 347 g/mol. The number of tetrazole rings is 1. The zero-order valence-corrected chi connectivity index (χ0v) is 13.6. The summed E-state index contributed by atoms with van der Waals surface area (Å²) in [5.74, 6) is 0.440. The van der Waals surface area contributed by atoms with Gasteiger partial charge in [0.05, 0.1) is 17.3 Å². The quantitative estimate of drug-likeness (QED) is 0.726. The molecule has 25 heavy (non-hydrogen) atoms. The Morgan fingerprint density at radius 1 is 1.00 bits per heavy atom. The van der Waals surface area contributed by atoms with Crippen molar-refractivity contribution >= 4 is 0 Å². The van der Waals surface area contributed by atoms with Crippen LogP contribution < -0.4 is 0 Å². The zero-order chi connectivity index (χ0) is 18.0. The van der Waals surface area contributed by atoms with Gasteiger partial charge in [0.15, 0.2) is 5.82 Å². The van der Waals surface area contributed by atoms with Gasteiger partial charge in [0, 0.05) is 0 Å². The predicted octanol–water partition coefficient (Wildman–Crippen LogP) is 3.33. The summed E-state index contributed by atoms with van der Waals surface area (Å²) in [6.45, 7) is 0. The van der Waals surface area contributed by atoms with Crippen LogP contribution in [-0.4, -0.2) is 39.2 Å². The van der Waals surface area contributed by atoms with Crippen molar-refractivity contribution in [2.75, 3.05) is 14.1 Å². The third-order valence-electron chi connectivity index (χ3n) is 3.79. The van der Waals surface area contributed by atoms with Gasteiger partial charge in [-0.25, -0.2) is 0 Å². The van der Waals surface area contributed by atoms with Crippen molar-refractivity contribution in [1.29, 1.82) is 0 Å². The molecule has 130 valence electrons. The smallest absolute Gasteiger partial charge is 0.296 e. The van der Waals surface area contributed by atoms with Crippen molar-refractivity contribution < 1.29 is 13.2 Å². The molecule has 1 atom stereocenters. The van der Waals surface area contributed by atoms with Crippen molar-refractivity contribution in [3.63, 3.8) is 0 Å². The van der Waals surface area contributed by atoms with Gasteiger partial charge in [0.2, 0.25) is 0 Å². The summed E-state index contributed by atoms with van der Waals surface area (Å²) in [4.78, 5) is 1.91. The Labute approximate surface area is 142 Å². The van der Waals surface area contributed by atoms with Gasteiger partial charge >= 0.3 is 6.18 Å². The first-order valence-corrected chi connectivity index (χ1v) is 7.55. The first kappa shape index (κ1) is 17.1. The molecule has 0 unspecified atom stereocenters. The number of aromatic nitrogens is 4. The van der Waals surface area contributed by atoms with E-state index < -0.39 is 11.7 Å². The van der Waals surface area contributed by atoms with Gasteiger partial charge in [-0.05, 0) is 48.3 Å².